The zero-order valence-electron chi connectivity index (χ0n) is 8.95. The van der Waals surface area contributed by atoms with E-state index in [9.17, 15) is 0 Å². The number of aryl methyl sites for hydroxylation is 1. The maximum absolute atomic E-state index is 5.83. The summed E-state index contributed by atoms with van der Waals surface area (Å²) in [5.41, 5.74) is 2.38. The van der Waals surface area contributed by atoms with Crippen LogP contribution in [0.4, 0.5) is 0 Å². The fourth-order valence-electron chi connectivity index (χ4n) is 2.01. The van der Waals surface area contributed by atoms with Crippen LogP contribution < -0.4 is 0 Å². The summed E-state index contributed by atoms with van der Waals surface area (Å²) in [6, 6.07) is 4.23. The Balaban J connectivity index is 2.09. The first-order valence-corrected chi connectivity index (χ1v) is 14.1. The second kappa shape index (κ2) is 5.51. The molecule has 4 heteroatoms. The topological polar surface area (TPSA) is 22.1 Å². The molecule has 1 fully saturated rings. The molecule has 1 aromatic rings. The van der Waals surface area contributed by atoms with Gasteiger partial charge >= 0.3 is 105 Å². The van der Waals surface area contributed by atoms with Crippen LogP contribution in [0, 0.1) is 6.92 Å². The van der Waals surface area contributed by atoms with Gasteiger partial charge in [-0.1, -0.05) is 0 Å². The molecule has 0 spiro atoms. The van der Waals surface area contributed by atoms with Gasteiger partial charge < -0.3 is 0 Å². The summed E-state index contributed by atoms with van der Waals surface area (Å²) in [4.78, 5) is 4.22. The van der Waals surface area contributed by atoms with Crippen molar-refractivity contribution in [1.29, 1.82) is 0 Å². The van der Waals surface area contributed by atoms with Crippen LogP contribution in [0.3, 0.4) is 0 Å². The third-order valence-electron chi connectivity index (χ3n) is 2.90. The van der Waals surface area contributed by atoms with E-state index in [2.05, 4.69) is 30.7 Å². The predicted molar refractivity (Wildman–Crippen MR) is 59.6 cm³/mol. The van der Waals surface area contributed by atoms with Crippen LogP contribution in [-0.2, 0) is 19.9 Å². The summed E-state index contributed by atoms with van der Waals surface area (Å²) in [6.45, 7) is 2.96. The number of aromatic nitrogens is 1. The first-order valence-electron chi connectivity index (χ1n) is 5.39. The van der Waals surface area contributed by atoms with Crippen molar-refractivity contribution in [2.24, 2.45) is 0 Å². The van der Waals surface area contributed by atoms with Crippen LogP contribution in [0.25, 0.3) is 0 Å². The van der Waals surface area contributed by atoms with E-state index in [1.165, 1.54) is 18.4 Å². The molecule has 0 aromatic carbocycles. The summed E-state index contributed by atoms with van der Waals surface area (Å²) in [7, 11) is 0. The van der Waals surface area contributed by atoms with Crippen molar-refractivity contribution in [2.45, 2.75) is 30.4 Å². The monoisotopic (exact) mass is 319 g/mol. The fourth-order valence-corrected chi connectivity index (χ4v) is 6.63. The van der Waals surface area contributed by atoms with Crippen molar-refractivity contribution in [3.63, 3.8) is 0 Å². The Bertz CT molecular complexity index is 334. The Morgan fingerprint density at radius 3 is 3.20 bits per heavy atom. The average molecular weight is 322 g/mol. The normalized spacial score (nSPS) is 26.0. The molecule has 15 heavy (non-hydrogen) atoms. The number of rotatable bonds is 2. The fraction of sp³-hybridized carbons (Fsp3) is 0.545. The van der Waals surface area contributed by atoms with Gasteiger partial charge in [0.1, 0.15) is 0 Å². The molecule has 0 bridgehead atoms. The van der Waals surface area contributed by atoms with Gasteiger partial charge in [-0.25, -0.2) is 0 Å². The molecule has 1 aliphatic rings. The van der Waals surface area contributed by atoms with Crippen LogP contribution in [0.2, 0.25) is 4.51 Å². The third-order valence-corrected chi connectivity index (χ3v) is 10.1. The molecule has 1 aromatic heterocycles. The molecule has 2 rings (SSSR count). The van der Waals surface area contributed by atoms with Gasteiger partial charge in [0.2, 0.25) is 0 Å². The Hall–Kier alpha value is 0.213. The van der Waals surface area contributed by atoms with Crippen molar-refractivity contribution in [3.05, 3.63) is 29.6 Å². The minimum atomic E-state index is -0.461. The third kappa shape index (κ3) is 3.09. The number of hydrogen-bond acceptors (Lipinski definition) is 2. The summed E-state index contributed by atoms with van der Waals surface area (Å²) < 4.78 is 6.77. The van der Waals surface area contributed by atoms with Gasteiger partial charge in [-0.3, -0.25) is 0 Å². The molecule has 1 saturated heterocycles. The number of pyridine rings is 1. The van der Waals surface area contributed by atoms with Gasteiger partial charge in [0, 0.05) is 0 Å². The van der Waals surface area contributed by atoms with E-state index >= 15 is 0 Å². The first-order chi connectivity index (χ1) is 7.29. The molecule has 0 radical (unpaired) electrons. The van der Waals surface area contributed by atoms with E-state index in [0.29, 0.717) is 6.10 Å². The van der Waals surface area contributed by atoms with Gasteiger partial charge in [-0.15, -0.1) is 0 Å². The maximum atomic E-state index is 5.83. The minimum absolute atomic E-state index is 0.314. The molecule has 2 nitrogen and oxygen atoms in total. The molecule has 2 heterocycles. The molecule has 0 saturated carbocycles. The SMILES string of the molecule is Cc1cc([C@H]2C[CH]([Zn][Br])CCO2)ccn1. The van der Waals surface area contributed by atoms with E-state index < -0.39 is 15.2 Å². The summed E-state index contributed by atoms with van der Waals surface area (Å²) >= 11 is 3.28. The molecule has 1 aliphatic heterocycles. The van der Waals surface area contributed by atoms with Crippen molar-refractivity contribution >= 4 is 13.6 Å². The van der Waals surface area contributed by atoms with Crippen molar-refractivity contribution in [3.8, 4) is 0 Å². The quantitative estimate of drug-likeness (QED) is 0.779. The Morgan fingerprint density at radius 1 is 1.60 bits per heavy atom. The first kappa shape index (κ1) is 11.7. The molecular formula is C11H14BrNOZn. The molecule has 0 aliphatic carbocycles. The van der Waals surface area contributed by atoms with Crippen LogP contribution in [0.5, 0.6) is 0 Å². The van der Waals surface area contributed by atoms with E-state index in [1.807, 2.05) is 13.1 Å². The summed E-state index contributed by atoms with van der Waals surface area (Å²) in [6.07, 6.45) is 4.65. The van der Waals surface area contributed by atoms with E-state index in [-0.39, 0.29) is 0 Å². The van der Waals surface area contributed by atoms with E-state index in [0.717, 1.165) is 16.8 Å². The van der Waals surface area contributed by atoms with Crippen molar-refractivity contribution in [2.75, 3.05) is 6.61 Å². The molecule has 78 valence electrons. The van der Waals surface area contributed by atoms with E-state index in [4.69, 9.17) is 4.74 Å². The molecular weight excluding hydrogens is 307 g/mol. The molecule has 2 atom stereocenters. The Morgan fingerprint density at radius 2 is 2.47 bits per heavy atom. The van der Waals surface area contributed by atoms with Crippen LogP contribution in [-0.4, -0.2) is 11.6 Å². The van der Waals surface area contributed by atoms with Crippen LogP contribution >= 0.6 is 13.6 Å². The molecule has 0 amide bonds. The van der Waals surface area contributed by atoms with Gasteiger partial charge in [-0.05, 0) is 0 Å². The standard InChI is InChI=1S/C11H14NO.BrH.Zn/c1-9-8-10(5-6-12-9)11-4-2-3-7-13-11;;/h2,5-6,8,11H,3-4,7H2,1H3;1H;/q;;+1/p-1/t11-;;/m1../s1. The average Bonchev–Trinajstić information content (AvgIpc) is 2.29. The number of halogens is 1. The van der Waals surface area contributed by atoms with Gasteiger partial charge in [0.25, 0.3) is 0 Å². The van der Waals surface area contributed by atoms with Gasteiger partial charge in [0.15, 0.2) is 0 Å². The van der Waals surface area contributed by atoms with Crippen molar-refractivity contribution in [1.82, 2.24) is 4.98 Å². The van der Waals surface area contributed by atoms with E-state index in [1.54, 1.807) is 0 Å². The zero-order valence-corrected chi connectivity index (χ0v) is 13.5. The number of hydrogen-bond donors (Lipinski definition) is 0. The second-order valence-electron chi connectivity index (χ2n) is 4.13. The predicted octanol–water partition coefficient (Wildman–Crippen LogP) is 3.42. The summed E-state index contributed by atoms with van der Waals surface area (Å²) in [5.74, 6) is 0. The zero-order chi connectivity index (χ0) is 10.7. The summed E-state index contributed by atoms with van der Waals surface area (Å²) in [5, 5.41) is 0. The number of nitrogens with zero attached hydrogens (tertiary/aromatic N) is 1. The number of ether oxygens (including phenoxy) is 1. The molecule has 1 unspecified atom stereocenters. The molecule has 0 N–H and O–H groups in total. The van der Waals surface area contributed by atoms with Gasteiger partial charge in [0.05, 0.1) is 0 Å². The van der Waals surface area contributed by atoms with Crippen LogP contribution in [0.1, 0.15) is 30.2 Å². The van der Waals surface area contributed by atoms with Crippen molar-refractivity contribution < 1.29 is 19.9 Å². The van der Waals surface area contributed by atoms with Crippen LogP contribution in [0.15, 0.2) is 18.3 Å². The Kier molecular flexibility index (Phi) is 4.30. The second-order valence-corrected chi connectivity index (χ2v) is 10.6. The Labute approximate surface area is 105 Å². The van der Waals surface area contributed by atoms with Gasteiger partial charge in [-0.2, -0.15) is 0 Å².